The first kappa shape index (κ1) is 50.5. The predicted molar refractivity (Wildman–Crippen MR) is 367 cm³/mol. The normalized spacial score (nSPS) is 11.5. The van der Waals surface area contributed by atoms with Crippen LogP contribution in [0.15, 0.2) is 340 Å². The lowest BCUT2D eigenvalue weighted by Gasteiger charge is -2.23. The second-order valence-corrected chi connectivity index (χ2v) is 22.7. The Morgan fingerprint density at radius 1 is 0.105 bits per heavy atom. The fourth-order valence-corrected chi connectivity index (χ4v) is 13.5. The summed E-state index contributed by atoms with van der Waals surface area (Å²) >= 11 is 0. The zero-order valence-electron chi connectivity index (χ0n) is 47.3. The maximum atomic E-state index is 2.51. The molecular weight excluding hydrogens is 1030 g/mol. The molecule has 16 rings (SSSR count). The summed E-state index contributed by atoms with van der Waals surface area (Å²) in [5, 5.41) is 9.81. The first-order chi connectivity index (χ1) is 42.6. The van der Waals surface area contributed by atoms with Crippen molar-refractivity contribution in [3.05, 3.63) is 340 Å². The summed E-state index contributed by atoms with van der Waals surface area (Å²) in [6, 6.07) is 126. The zero-order valence-corrected chi connectivity index (χ0v) is 47.3. The van der Waals surface area contributed by atoms with E-state index in [1.54, 1.807) is 0 Å². The minimum Gasteiger partial charge on any atom is -0.0622 e. The average Bonchev–Trinajstić information content (AvgIpc) is 1.24. The van der Waals surface area contributed by atoms with Gasteiger partial charge in [0.1, 0.15) is 0 Å². The molecule has 0 aliphatic rings. The lowest BCUT2D eigenvalue weighted by molar-refractivity contribution is 1.56. The van der Waals surface area contributed by atoms with Gasteiger partial charge in [-0.15, -0.1) is 0 Å². The summed E-state index contributed by atoms with van der Waals surface area (Å²) in [6.07, 6.45) is 0. The van der Waals surface area contributed by atoms with Gasteiger partial charge in [0.15, 0.2) is 0 Å². The van der Waals surface area contributed by atoms with Crippen LogP contribution in [0.1, 0.15) is 0 Å². The molecule has 0 N–H and O–H groups in total. The summed E-state index contributed by atoms with van der Waals surface area (Å²) in [7, 11) is 0. The van der Waals surface area contributed by atoms with Crippen LogP contribution in [-0.4, -0.2) is 0 Å². The minimum atomic E-state index is 1.16. The maximum absolute atomic E-state index is 2.51. The fraction of sp³-hybridized carbons (Fsp3) is 0. The zero-order chi connectivity index (χ0) is 56.9. The number of hydrogen-bond donors (Lipinski definition) is 0. The Balaban J connectivity index is 1.06. The molecule has 0 heterocycles. The van der Waals surface area contributed by atoms with Crippen LogP contribution in [0.4, 0.5) is 0 Å². The molecule has 0 radical (unpaired) electrons. The number of benzene rings is 16. The second-order valence-electron chi connectivity index (χ2n) is 22.7. The van der Waals surface area contributed by atoms with Crippen LogP contribution in [0.25, 0.3) is 165 Å². The Kier molecular flexibility index (Phi) is 12.7. The van der Waals surface area contributed by atoms with E-state index in [1.807, 2.05) is 0 Å². The van der Waals surface area contributed by atoms with Crippen molar-refractivity contribution in [2.45, 2.75) is 0 Å². The van der Waals surface area contributed by atoms with Gasteiger partial charge in [-0.05, 0) is 232 Å². The van der Waals surface area contributed by atoms with Crippen molar-refractivity contribution in [1.29, 1.82) is 0 Å². The molecule has 400 valence electrons. The Morgan fingerprint density at radius 3 is 0.628 bits per heavy atom. The van der Waals surface area contributed by atoms with Crippen molar-refractivity contribution >= 4 is 43.1 Å². The maximum Gasteiger partial charge on any atom is -0.00139 e. The lowest BCUT2D eigenvalue weighted by atomic mass is 9.80. The van der Waals surface area contributed by atoms with Gasteiger partial charge < -0.3 is 0 Å². The molecule has 0 spiro atoms. The Labute approximate surface area is 502 Å². The molecule has 0 aliphatic carbocycles. The number of fused-ring (bicyclic) bond motifs is 1. The first-order valence-electron chi connectivity index (χ1n) is 29.8. The van der Waals surface area contributed by atoms with Crippen LogP contribution in [0.5, 0.6) is 0 Å². The van der Waals surface area contributed by atoms with Crippen molar-refractivity contribution < 1.29 is 0 Å². The third-order valence-electron chi connectivity index (χ3n) is 17.6. The van der Waals surface area contributed by atoms with E-state index in [4.69, 9.17) is 0 Å². The molecule has 0 heteroatoms. The van der Waals surface area contributed by atoms with Gasteiger partial charge in [-0.25, -0.2) is 0 Å². The molecule has 0 aromatic heterocycles. The van der Waals surface area contributed by atoms with E-state index in [0.717, 1.165) is 11.1 Å². The van der Waals surface area contributed by atoms with Crippen molar-refractivity contribution in [3.63, 3.8) is 0 Å². The molecule has 16 aromatic rings. The van der Waals surface area contributed by atoms with Gasteiger partial charge in [0.05, 0.1) is 0 Å². The van der Waals surface area contributed by atoms with E-state index in [0.29, 0.717) is 0 Å². The summed E-state index contributed by atoms with van der Waals surface area (Å²) in [6.45, 7) is 0. The Morgan fingerprint density at radius 2 is 0.326 bits per heavy atom. The molecular formula is C86H56. The first-order valence-corrected chi connectivity index (χ1v) is 29.8. The van der Waals surface area contributed by atoms with Crippen molar-refractivity contribution in [2.75, 3.05) is 0 Å². The van der Waals surface area contributed by atoms with E-state index in [1.165, 1.54) is 154 Å². The molecule has 0 atom stereocenters. The van der Waals surface area contributed by atoms with Gasteiger partial charge in [0, 0.05) is 0 Å². The van der Waals surface area contributed by atoms with E-state index in [2.05, 4.69) is 340 Å². The van der Waals surface area contributed by atoms with Crippen LogP contribution in [0.2, 0.25) is 0 Å². The molecule has 0 amide bonds. The topological polar surface area (TPSA) is 0 Å². The third-order valence-corrected chi connectivity index (χ3v) is 17.6. The fourth-order valence-electron chi connectivity index (χ4n) is 13.5. The largest absolute Gasteiger partial charge is 0.0622 e. The summed E-state index contributed by atoms with van der Waals surface area (Å²) in [5.41, 5.74) is 26.0. The van der Waals surface area contributed by atoms with Gasteiger partial charge in [0.25, 0.3) is 0 Å². The van der Waals surface area contributed by atoms with Crippen molar-refractivity contribution in [3.8, 4) is 122 Å². The van der Waals surface area contributed by atoms with Crippen LogP contribution >= 0.6 is 0 Å². The Hall–Kier alpha value is -11.2. The molecule has 0 bridgehead atoms. The molecule has 86 heavy (non-hydrogen) atoms. The quantitative estimate of drug-likeness (QED) is 0.113. The Bertz CT molecular complexity index is 4830. The smallest absolute Gasteiger partial charge is 0.00139 e. The van der Waals surface area contributed by atoms with Crippen LogP contribution in [0, 0.1) is 0 Å². The molecule has 0 saturated carbocycles. The third kappa shape index (κ3) is 9.13. The highest BCUT2D eigenvalue weighted by Crippen LogP contribution is 2.52. The lowest BCUT2D eigenvalue weighted by Crippen LogP contribution is -1.96. The monoisotopic (exact) mass is 1090 g/mol. The van der Waals surface area contributed by atoms with Gasteiger partial charge >= 0.3 is 0 Å². The standard InChI is InChI=1S/C86H56/c1-8-24-57(25-9-1)64-46-65(58-26-10-2-11-27-58)50-70(49-64)81-55-82(71-51-66(59-28-12-3-13-29-59)47-67(52-71)60-30-14-4-15-31-60)78-44-45-80-84(76-41-40-73(63-36-20-7-21-37-63)74-38-22-23-39-75(74)76)56-83(79-43-42-77(81)85(78)86(79)80)72-53-68(61-32-16-5-17-33-61)48-69(54-72)62-34-18-6-19-35-62/h1-56H. The van der Waals surface area contributed by atoms with E-state index >= 15 is 0 Å². The summed E-state index contributed by atoms with van der Waals surface area (Å²) in [5.74, 6) is 0. The average molecular weight is 1090 g/mol. The van der Waals surface area contributed by atoms with Crippen LogP contribution in [0.3, 0.4) is 0 Å². The highest BCUT2D eigenvalue weighted by molar-refractivity contribution is 6.32. The van der Waals surface area contributed by atoms with Gasteiger partial charge in [0.2, 0.25) is 0 Å². The predicted octanol–water partition coefficient (Wildman–Crippen LogP) is 24.1. The van der Waals surface area contributed by atoms with Crippen molar-refractivity contribution in [2.24, 2.45) is 0 Å². The van der Waals surface area contributed by atoms with E-state index in [-0.39, 0.29) is 0 Å². The van der Waals surface area contributed by atoms with Gasteiger partial charge in [-0.3, -0.25) is 0 Å². The van der Waals surface area contributed by atoms with Crippen LogP contribution < -0.4 is 0 Å². The molecule has 0 nitrogen and oxygen atoms in total. The number of hydrogen-bond acceptors (Lipinski definition) is 0. The van der Waals surface area contributed by atoms with Gasteiger partial charge in [-0.1, -0.05) is 273 Å². The van der Waals surface area contributed by atoms with Crippen molar-refractivity contribution in [1.82, 2.24) is 0 Å². The van der Waals surface area contributed by atoms with E-state index in [9.17, 15) is 0 Å². The minimum absolute atomic E-state index is 1.16. The SMILES string of the molecule is c1ccc(-c2cc(-c3ccccc3)cc(-c3cc(-c4cc(-c5ccccc5)cc(-c5ccccc5)c4)c4ccc5c(-c6ccc(-c7ccccc7)c7ccccc67)cc(-c6cc(-c7ccccc7)cc(-c7ccccc7)c6)c6ccc3c4c65)c2)cc1. The summed E-state index contributed by atoms with van der Waals surface area (Å²) < 4.78 is 0. The summed E-state index contributed by atoms with van der Waals surface area (Å²) in [4.78, 5) is 0. The number of rotatable bonds is 11. The molecule has 0 fully saturated rings. The van der Waals surface area contributed by atoms with Gasteiger partial charge in [-0.2, -0.15) is 0 Å². The van der Waals surface area contributed by atoms with E-state index < -0.39 is 0 Å². The highest BCUT2D eigenvalue weighted by Gasteiger charge is 2.24. The van der Waals surface area contributed by atoms with Crippen LogP contribution in [-0.2, 0) is 0 Å². The second kappa shape index (κ2) is 21.5. The molecule has 0 saturated heterocycles. The molecule has 0 aliphatic heterocycles. The highest BCUT2D eigenvalue weighted by atomic mass is 14.3. The molecule has 0 unspecified atom stereocenters. The molecule has 16 aromatic carbocycles.